The second-order valence-corrected chi connectivity index (χ2v) is 11.3. The molecule has 6 rings (SSSR count). The van der Waals surface area contributed by atoms with Crippen LogP contribution in [-0.4, -0.2) is 49.0 Å². The number of amides is 2. The molecule has 2 heterocycles. The van der Waals surface area contributed by atoms with Gasteiger partial charge >= 0.3 is 0 Å². The number of pyridine rings is 1. The number of hydrogen-bond donors (Lipinski definition) is 2. The average molecular weight is 621 g/mol. The number of aromatic nitrogens is 1. The molecule has 0 saturated heterocycles. The first-order chi connectivity index (χ1) is 21.9. The van der Waals surface area contributed by atoms with E-state index in [-0.39, 0.29) is 16.6 Å². The zero-order valence-electron chi connectivity index (χ0n) is 25.1. The Kier molecular flexibility index (Phi) is 8.96. The molecule has 0 bridgehead atoms. The summed E-state index contributed by atoms with van der Waals surface area (Å²) in [7, 11) is 3.33. The fourth-order valence-electron chi connectivity index (χ4n) is 5.60. The first-order valence-electron chi connectivity index (χ1n) is 14.7. The van der Waals surface area contributed by atoms with E-state index in [1.807, 2.05) is 48.5 Å². The van der Waals surface area contributed by atoms with Crippen molar-refractivity contribution in [2.45, 2.75) is 19.4 Å². The maximum atomic E-state index is 13.3. The van der Waals surface area contributed by atoms with Crippen LogP contribution in [0.3, 0.4) is 0 Å². The summed E-state index contributed by atoms with van der Waals surface area (Å²) in [5.74, 6) is 0.750. The first-order valence-corrected chi connectivity index (χ1v) is 15.1. The summed E-state index contributed by atoms with van der Waals surface area (Å²) >= 11 is 6.33. The number of methoxy groups -OCH3 is 2. The van der Waals surface area contributed by atoms with E-state index in [9.17, 15) is 9.59 Å². The number of rotatable bonds is 9. The van der Waals surface area contributed by atoms with Crippen molar-refractivity contribution >= 4 is 45.7 Å². The van der Waals surface area contributed by atoms with Crippen molar-refractivity contribution in [2.24, 2.45) is 0 Å². The molecule has 0 fully saturated rings. The zero-order valence-corrected chi connectivity index (χ0v) is 25.9. The lowest BCUT2D eigenvalue weighted by Gasteiger charge is -2.29. The average Bonchev–Trinajstić information content (AvgIpc) is 3.07. The summed E-state index contributed by atoms with van der Waals surface area (Å²) in [6, 6.07) is 28.0. The molecule has 5 aromatic rings. The maximum Gasteiger partial charge on any atom is 0.258 e. The Balaban J connectivity index is 1.07. The van der Waals surface area contributed by atoms with Gasteiger partial charge in [-0.2, -0.15) is 0 Å². The molecule has 0 aliphatic carbocycles. The van der Waals surface area contributed by atoms with E-state index in [1.54, 1.807) is 44.6 Å². The smallest absolute Gasteiger partial charge is 0.258 e. The Bertz CT molecular complexity index is 1880. The van der Waals surface area contributed by atoms with Crippen molar-refractivity contribution in [2.75, 3.05) is 37.9 Å². The van der Waals surface area contributed by atoms with Gasteiger partial charge in [-0.05, 0) is 78.1 Å². The van der Waals surface area contributed by atoms with Crippen LogP contribution >= 0.6 is 11.6 Å². The number of nitrogens with one attached hydrogen (secondary N) is 2. The Morgan fingerprint density at radius 3 is 2.29 bits per heavy atom. The number of carbonyl (C=O) groups is 2. The van der Waals surface area contributed by atoms with Crippen molar-refractivity contribution in [1.29, 1.82) is 0 Å². The van der Waals surface area contributed by atoms with Crippen LogP contribution in [0.5, 0.6) is 11.5 Å². The minimum Gasteiger partial charge on any atom is -0.493 e. The SMILES string of the molecule is COc1cc2c(cc1OC)CN(CCc1ccc(NC(=O)c3ccccc3NC(=O)c3cc4ccccc4nc3Cl)cc1)CC2. The van der Waals surface area contributed by atoms with Crippen LogP contribution in [0.1, 0.15) is 37.4 Å². The molecule has 1 aliphatic rings. The van der Waals surface area contributed by atoms with Crippen LogP contribution in [-0.2, 0) is 19.4 Å². The Morgan fingerprint density at radius 1 is 0.822 bits per heavy atom. The number of ether oxygens (including phenoxy) is 2. The third-order valence-electron chi connectivity index (χ3n) is 8.07. The largest absolute Gasteiger partial charge is 0.493 e. The molecular formula is C36H33ClN4O4. The topological polar surface area (TPSA) is 92.8 Å². The van der Waals surface area contributed by atoms with E-state index >= 15 is 0 Å². The van der Waals surface area contributed by atoms with E-state index in [2.05, 4.69) is 32.7 Å². The second kappa shape index (κ2) is 13.4. The summed E-state index contributed by atoms with van der Waals surface area (Å²) in [5.41, 5.74) is 6.06. The summed E-state index contributed by atoms with van der Waals surface area (Å²) < 4.78 is 11.0. The van der Waals surface area contributed by atoms with Gasteiger partial charge in [0.05, 0.1) is 36.6 Å². The van der Waals surface area contributed by atoms with Crippen molar-refractivity contribution in [3.05, 3.63) is 124 Å². The third kappa shape index (κ3) is 6.77. The van der Waals surface area contributed by atoms with Crippen LogP contribution in [0.2, 0.25) is 5.15 Å². The van der Waals surface area contributed by atoms with Gasteiger partial charge in [-0.3, -0.25) is 14.5 Å². The van der Waals surface area contributed by atoms with E-state index in [0.29, 0.717) is 22.5 Å². The molecule has 45 heavy (non-hydrogen) atoms. The predicted octanol–water partition coefficient (Wildman–Crippen LogP) is 7.01. The van der Waals surface area contributed by atoms with Gasteiger partial charge in [-0.15, -0.1) is 0 Å². The molecular weight excluding hydrogens is 588 g/mol. The predicted molar refractivity (Wildman–Crippen MR) is 178 cm³/mol. The minimum atomic E-state index is -0.445. The van der Waals surface area contributed by atoms with Crippen molar-refractivity contribution in [3.8, 4) is 11.5 Å². The highest BCUT2D eigenvalue weighted by Gasteiger charge is 2.20. The molecule has 9 heteroatoms. The summed E-state index contributed by atoms with van der Waals surface area (Å²) in [6.45, 7) is 2.77. The molecule has 0 spiro atoms. The van der Waals surface area contributed by atoms with Crippen LogP contribution in [0, 0.1) is 0 Å². The van der Waals surface area contributed by atoms with Gasteiger partial charge in [0.1, 0.15) is 5.15 Å². The molecule has 2 N–H and O–H groups in total. The van der Waals surface area contributed by atoms with Crippen LogP contribution in [0.15, 0.2) is 91.0 Å². The summed E-state index contributed by atoms with van der Waals surface area (Å²) in [6.07, 6.45) is 1.85. The normalized spacial score (nSPS) is 12.8. The van der Waals surface area contributed by atoms with Gasteiger partial charge in [0.15, 0.2) is 11.5 Å². The van der Waals surface area contributed by atoms with E-state index in [0.717, 1.165) is 49.4 Å². The van der Waals surface area contributed by atoms with Gasteiger partial charge in [0.2, 0.25) is 0 Å². The number of nitrogens with zero attached hydrogens (tertiary/aromatic N) is 2. The molecule has 4 aromatic carbocycles. The quantitative estimate of drug-likeness (QED) is 0.172. The van der Waals surface area contributed by atoms with Gasteiger partial charge in [-0.25, -0.2) is 4.98 Å². The van der Waals surface area contributed by atoms with Crippen molar-refractivity contribution in [1.82, 2.24) is 9.88 Å². The van der Waals surface area contributed by atoms with E-state index < -0.39 is 5.91 Å². The molecule has 2 amide bonds. The van der Waals surface area contributed by atoms with E-state index in [4.69, 9.17) is 21.1 Å². The Labute approximate surface area is 266 Å². The standard InChI is InChI=1S/C36H33ClN4O4/c1-44-32-20-24-16-18-41(22-26(24)21-33(32)45-2)17-15-23-11-13-27(14-12-23)38-35(42)28-8-4-6-10-31(28)40-36(43)29-19-25-7-3-5-9-30(25)39-34(29)37/h3-14,19-21H,15-18,22H2,1-2H3,(H,38,42)(H,40,43). The Morgan fingerprint density at radius 2 is 1.51 bits per heavy atom. The fraction of sp³-hybridized carbons (Fsp3) is 0.194. The fourth-order valence-corrected chi connectivity index (χ4v) is 5.84. The number of benzene rings is 4. The number of para-hydroxylation sites is 2. The number of carbonyl (C=O) groups excluding carboxylic acids is 2. The van der Waals surface area contributed by atoms with Gasteiger partial charge in [0, 0.05) is 30.7 Å². The molecule has 0 unspecified atom stereocenters. The van der Waals surface area contributed by atoms with Crippen molar-refractivity contribution < 1.29 is 19.1 Å². The maximum absolute atomic E-state index is 13.3. The zero-order chi connectivity index (χ0) is 31.3. The highest BCUT2D eigenvalue weighted by Crippen LogP contribution is 2.33. The lowest BCUT2D eigenvalue weighted by Crippen LogP contribution is -2.32. The monoisotopic (exact) mass is 620 g/mol. The molecule has 1 aliphatic heterocycles. The Hall–Kier alpha value is -4.92. The number of anilines is 2. The lowest BCUT2D eigenvalue weighted by molar-refractivity contribution is 0.102. The van der Waals surface area contributed by atoms with Crippen LogP contribution < -0.4 is 20.1 Å². The summed E-state index contributed by atoms with van der Waals surface area (Å²) in [4.78, 5) is 33.2. The van der Waals surface area contributed by atoms with Crippen LogP contribution in [0.25, 0.3) is 10.9 Å². The highest BCUT2D eigenvalue weighted by molar-refractivity contribution is 6.34. The lowest BCUT2D eigenvalue weighted by atomic mass is 9.98. The number of hydrogen-bond acceptors (Lipinski definition) is 6. The van der Waals surface area contributed by atoms with Crippen molar-refractivity contribution in [3.63, 3.8) is 0 Å². The highest BCUT2D eigenvalue weighted by atomic mass is 35.5. The molecule has 0 atom stereocenters. The van der Waals surface area contributed by atoms with Crippen LogP contribution in [0.4, 0.5) is 11.4 Å². The molecule has 1 aromatic heterocycles. The number of halogens is 1. The molecule has 8 nitrogen and oxygen atoms in total. The molecule has 228 valence electrons. The first kappa shape index (κ1) is 30.1. The molecule has 0 saturated carbocycles. The summed E-state index contributed by atoms with van der Waals surface area (Å²) in [5, 5.41) is 6.67. The van der Waals surface area contributed by atoms with Gasteiger partial charge in [-0.1, -0.05) is 54.1 Å². The van der Waals surface area contributed by atoms with Gasteiger partial charge < -0.3 is 20.1 Å². The number of fused-ring (bicyclic) bond motifs is 2. The minimum absolute atomic E-state index is 0.0965. The van der Waals surface area contributed by atoms with E-state index in [1.165, 1.54) is 16.7 Å². The molecule has 0 radical (unpaired) electrons. The third-order valence-corrected chi connectivity index (χ3v) is 8.36. The van der Waals surface area contributed by atoms with Gasteiger partial charge in [0.25, 0.3) is 11.8 Å². The second-order valence-electron chi connectivity index (χ2n) is 10.9.